The third kappa shape index (κ3) is 3.99. The molecule has 0 aliphatic carbocycles. The zero-order valence-electron chi connectivity index (χ0n) is 15.5. The van der Waals surface area contributed by atoms with Gasteiger partial charge in [-0.1, -0.05) is 12.1 Å². The Morgan fingerprint density at radius 2 is 1.62 bits per heavy atom. The van der Waals surface area contributed by atoms with Crippen molar-refractivity contribution in [2.45, 2.75) is 12.8 Å². The molecule has 7 heteroatoms. The lowest BCUT2D eigenvalue weighted by atomic mass is 10.1. The van der Waals surface area contributed by atoms with Crippen LogP contribution in [0.5, 0.6) is 0 Å². The number of benzene rings is 1. The van der Waals surface area contributed by atoms with Gasteiger partial charge in [-0.25, -0.2) is 4.79 Å². The van der Waals surface area contributed by atoms with Crippen LogP contribution >= 0.6 is 0 Å². The van der Waals surface area contributed by atoms with E-state index < -0.39 is 0 Å². The molecule has 1 aliphatic heterocycles. The quantitative estimate of drug-likeness (QED) is 0.785. The summed E-state index contributed by atoms with van der Waals surface area (Å²) in [5.41, 5.74) is 7.29. The van der Waals surface area contributed by atoms with Crippen LogP contribution in [-0.4, -0.2) is 46.8 Å². The molecule has 7 nitrogen and oxygen atoms in total. The molecule has 0 bridgehead atoms. The fourth-order valence-electron chi connectivity index (χ4n) is 3.42. The smallest absolute Gasteiger partial charge is 0.332 e. The van der Waals surface area contributed by atoms with Gasteiger partial charge in [0.2, 0.25) is 0 Å². The summed E-state index contributed by atoms with van der Waals surface area (Å²) in [7, 11) is 3.23. The van der Waals surface area contributed by atoms with Gasteiger partial charge in [0.15, 0.2) is 0 Å². The summed E-state index contributed by atoms with van der Waals surface area (Å²) in [6, 6.07) is 9.62. The zero-order valence-corrected chi connectivity index (χ0v) is 15.5. The number of aromatic nitrogens is 2. The monoisotopic (exact) mass is 357 g/mol. The van der Waals surface area contributed by atoms with E-state index in [0.717, 1.165) is 55.8 Å². The molecule has 3 rings (SSSR count). The van der Waals surface area contributed by atoms with Gasteiger partial charge in [-0.2, -0.15) is 0 Å². The molecule has 0 unspecified atom stereocenters. The van der Waals surface area contributed by atoms with E-state index in [0.29, 0.717) is 5.82 Å². The van der Waals surface area contributed by atoms with Crippen LogP contribution in [0.4, 0.5) is 11.5 Å². The van der Waals surface area contributed by atoms with Gasteiger partial charge in [-0.05, 0) is 37.1 Å². The fourth-order valence-corrected chi connectivity index (χ4v) is 3.42. The molecule has 1 fully saturated rings. The molecule has 0 radical (unpaired) electrons. The van der Waals surface area contributed by atoms with E-state index in [9.17, 15) is 9.59 Å². The van der Waals surface area contributed by atoms with Gasteiger partial charge in [0.25, 0.3) is 5.56 Å². The van der Waals surface area contributed by atoms with Crippen LogP contribution in [0, 0.1) is 0 Å². The highest BCUT2D eigenvalue weighted by Gasteiger charge is 2.19. The van der Waals surface area contributed by atoms with Crippen molar-refractivity contribution >= 4 is 11.5 Å². The van der Waals surface area contributed by atoms with Gasteiger partial charge >= 0.3 is 5.69 Å². The minimum Gasteiger partial charge on any atom is -0.399 e. The number of rotatable bonds is 5. The molecule has 0 saturated carbocycles. The highest BCUT2D eigenvalue weighted by Crippen LogP contribution is 2.13. The SMILES string of the molecule is Cn1c(N2CCN(CCCc3ccc(N)cc3)CC2)cc(=O)n(C)c1=O. The highest BCUT2D eigenvalue weighted by molar-refractivity contribution is 5.40. The van der Waals surface area contributed by atoms with Crippen LogP contribution in [0.25, 0.3) is 0 Å². The van der Waals surface area contributed by atoms with Gasteiger partial charge in [0.1, 0.15) is 5.82 Å². The molecule has 2 N–H and O–H groups in total. The Morgan fingerprint density at radius 1 is 0.962 bits per heavy atom. The summed E-state index contributed by atoms with van der Waals surface area (Å²) in [6.07, 6.45) is 2.15. The topological polar surface area (TPSA) is 76.5 Å². The molecule has 0 spiro atoms. The Balaban J connectivity index is 1.52. The average Bonchev–Trinajstić information content (AvgIpc) is 2.65. The van der Waals surface area contributed by atoms with Crippen LogP contribution in [-0.2, 0) is 20.5 Å². The molecule has 1 aromatic heterocycles. The molecule has 2 heterocycles. The standard InChI is InChI=1S/C19H27N5O2/c1-21-17(14-18(25)22(2)19(21)26)24-12-10-23(11-13-24)9-3-4-15-5-7-16(20)8-6-15/h5-8,14H,3-4,9-13,20H2,1-2H3. The summed E-state index contributed by atoms with van der Waals surface area (Å²) in [6.45, 7) is 4.56. The lowest BCUT2D eigenvalue weighted by molar-refractivity contribution is 0.253. The van der Waals surface area contributed by atoms with E-state index >= 15 is 0 Å². The van der Waals surface area contributed by atoms with Crippen LogP contribution < -0.4 is 21.9 Å². The summed E-state index contributed by atoms with van der Waals surface area (Å²) >= 11 is 0. The predicted octanol–water partition coefficient (Wildman–Crippen LogP) is 0.421. The Kier molecular flexibility index (Phi) is 5.46. The second-order valence-corrected chi connectivity index (χ2v) is 6.92. The second kappa shape index (κ2) is 7.78. The van der Waals surface area contributed by atoms with Crippen molar-refractivity contribution in [3.8, 4) is 0 Å². The van der Waals surface area contributed by atoms with Crippen molar-refractivity contribution in [2.75, 3.05) is 43.4 Å². The summed E-state index contributed by atoms with van der Waals surface area (Å²) in [5.74, 6) is 0.708. The molecule has 1 aliphatic rings. The Bertz CT molecular complexity index is 861. The van der Waals surface area contributed by atoms with Crippen LogP contribution in [0.15, 0.2) is 39.9 Å². The van der Waals surface area contributed by atoms with E-state index in [1.807, 2.05) is 12.1 Å². The molecule has 140 valence electrons. The largest absolute Gasteiger partial charge is 0.399 e. The Labute approximate surface area is 153 Å². The number of hydrogen-bond donors (Lipinski definition) is 1. The number of nitrogens with zero attached hydrogens (tertiary/aromatic N) is 4. The van der Waals surface area contributed by atoms with Crippen LogP contribution in [0.1, 0.15) is 12.0 Å². The van der Waals surface area contributed by atoms with Crippen LogP contribution in [0.2, 0.25) is 0 Å². The summed E-state index contributed by atoms with van der Waals surface area (Å²) < 4.78 is 2.69. The maximum atomic E-state index is 12.1. The van der Waals surface area contributed by atoms with E-state index in [1.165, 1.54) is 12.6 Å². The average molecular weight is 357 g/mol. The van der Waals surface area contributed by atoms with Crippen molar-refractivity contribution in [1.29, 1.82) is 0 Å². The van der Waals surface area contributed by atoms with Crippen LogP contribution in [0.3, 0.4) is 0 Å². The number of aryl methyl sites for hydroxylation is 1. The number of hydrogen-bond acceptors (Lipinski definition) is 5. The molecule has 1 aromatic carbocycles. The summed E-state index contributed by atoms with van der Waals surface area (Å²) in [4.78, 5) is 28.6. The number of piperazine rings is 1. The second-order valence-electron chi connectivity index (χ2n) is 6.92. The lowest BCUT2D eigenvalue weighted by Gasteiger charge is -2.36. The van der Waals surface area contributed by atoms with E-state index in [2.05, 4.69) is 21.9 Å². The molecule has 2 aromatic rings. The number of anilines is 2. The first-order valence-electron chi connectivity index (χ1n) is 9.04. The Hall–Kier alpha value is -2.54. The van der Waals surface area contributed by atoms with E-state index in [4.69, 9.17) is 5.73 Å². The van der Waals surface area contributed by atoms with Crippen molar-refractivity contribution in [3.05, 3.63) is 56.7 Å². The molecular weight excluding hydrogens is 330 g/mol. The maximum absolute atomic E-state index is 12.1. The van der Waals surface area contributed by atoms with Gasteiger partial charge < -0.3 is 10.6 Å². The minimum atomic E-state index is -0.279. The zero-order chi connectivity index (χ0) is 18.7. The lowest BCUT2D eigenvalue weighted by Crippen LogP contribution is -2.49. The van der Waals surface area contributed by atoms with E-state index in [-0.39, 0.29) is 11.2 Å². The Morgan fingerprint density at radius 3 is 2.27 bits per heavy atom. The predicted molar refractivity (Wildman–Crippen MR) is 105 cm³/mol. The third-order valence-electron chi connectivity index (χ3n) is 5.12. The van der Waals surface area contributed by atoms with Gasteiger partial charge in [-0.15, -0.1) is 0 Å². The minimum absolute atomic E-state index is 0.256. The van der Waals surface area contributed by atoms with Crippen molar-refractivity contribution in [2.24, 2.45) is 14.1 Å². The highest BCUT2D eigenvalue weighted by atomic mass is 16.2. The molecule has 1 saturated heterocycles. The first-order valence-corrected chi connectivity index (χ1v) is 9.04. The first kappa shape index (κ1) is 18.3. The van der Waals surface area contributed by atoms with Crippen molar-refractivity contribution in [1.82, 2.24) is 14.0 Å². The first-order chi connectivity index (χ1) is 12.5. The number of nitrogen functional groups attached to an aromatic ring is 1. The molecule has 0 atom stereocenters. The molecular formula is C19H27N5O2. The maximum Gasteiger partial charge on any atom is 0.332 e. The molecule has 0 amide bonds. The van der Waals surface area contributed by atoms with Crippen molar-refractivity contribution in [3.63, 3.8) is 0 Å². The van der Waals surface area contributed by atoms with Crippen molar-refractivity contribution < 1.29 is 0 Å². The van der Waals surface area contributed by atoms with Gasteiger partial charge in [-0.3, -0.25) is 18.8 Å². The van der Waals surface area contributed by atoms with Gasteiger partial charge in [0.05, 0.1) is 0 Å². The fraction of sp³-hybridized carbons (Fsp3) is 0.474. The number of nitrogens with two attached hydrogens (primary N) is 1. The normalized spacial score (nSPS) is 15.4. The third-order valence-corrected chi connectivity index (χ3v) is 5.12. The summed E-state index contributed by atoms with van der Waals surface area (Å²) in [5, 5.41) is 0. The molecule has 26 heavy (non-hydrogen) atoms. The van der Waals surface area contributed by atoms with E-state index in [1.54, 1.807) is 17.7 Å². The van der Waals surface area contributed by atoms with Gasteiger partial charge in [0, 0.05) is 52.0 Å².